The van der Waals surface area contributed by atoms with Crippen molar-refractivity contribution in [1.82, 2.24) is 0 Å². The lowest BCUT2D eigenvalue weighted by Gasteiger charge is -2.14. The van der Waals surface area contributed by atoms with Gasteiger partial charge in [0.25, 0.3) is 0 Å². The van der Waals surface area contributed by atoms with E-state index in [1.165, 1.54) is 0 Å². The highest BCUT2D eigenvalue weighted by molar-refractivity contribution is 5.96. The summed E-state index contributed by atoms with van der Waals surface area (Å²) in [4.78, 5) is 13.1. The number of ether oxygens (including phenoxy) is 3. The van der Waals surface area contributed by atoms with Gasteiger partial charge in [-0.3, -0.25) is 4.79 Å². The van der Waals surface area contributed by atoms with E-state index in [0.717, 1.165) is 16.9 Å². The van der Waals surface area contributed by atoms with Crippen LogP contribution < -0.4 is 14.9 Å². The number of aryl methyl sites for hydroxylation is 1. The van der Waals surface area contributed by atoms with Crippen LogP contribution in [0.2, 0.25) is 0 Å². The second-order valence-electron chi connectivity index (χ2n) is 7.05. The average Bonchev–Trinajstić information content (AvgIpc) is 3.20. The molecule has 0 spiro atoms. The lowest BCUT2D eigenvalue weighted by molar-refractivity contribution is 0.127. The maximum atomic E-state index is 13.1. The number of para-hydroxylation sites is 1. The lowest BCUT2D eigenvalue weighted by Crippen LogP contribution is -2.30. The SMILES string of the molecule is COc1cccc2c(=O)c3c(C)cc4c(c3oc12)CC(C1(C)CO1)O4. The molecule has 2 aliphatic heterocycles. The highest BCUT2D eigenvalue weighted by Gasteiger charge is 2.51. The number of methoxy groups -OCH3 is 1. The zero-order valence-electron chi connectivity index (χ0n) is 14.3. The van der Waals surface area contributed by atoms with Gasteiger partial charge in [0.2, 0.25) is 5.43 Å². The molecular formula is C20H18O5. The van der Waals surface area contributed by atoms with Gasteiger partial charge >= 0.3 is 0 Å². The van der Waals surface area contributed by atoms with E-state index in [9.17, 15) is 4.79 Å². The van der Waals surface area contributed by atoms with Gasteiger partial charge in [-0.25, -0.2) is 0 Å². The summed E-state index contributed by atoms with van der Waals surface area (Å²) in [6.45, 7) is 4.66. The van der Waals surface area contributed by atoms with Crippen LogP contribution in [-0.2, 0) is 11.2 Å². The normalized spacial score (nSPS) is 24.4. The van der Waals surface area contributed by atoms with Gasteiger partial charge in [-0.1, -0.05) is 6.07 Å². The van der Waals surface area contributed by atoms with E-state index in [1.807, 2.05) is 19.9 Å². The van der Waals surface area contributed by atoms with Crippen LogP contribution in [0, 0.1) is 6.92 Å². The standard InChI is InChI=1S/C20H18O5/c1-10-7-14-12(8-15(24-14)20(2)9-23-20)19-16(10)17(21)11-5-4-6-13(22-3)18(11)25-19/h4-7,15H,8-9H2,1-3H3. The highest BCUT2D eigenvalue weighted by Crippen LogP contribution is 2.44. The molecule has 25 heavy (non-hydrogen) atoms. The van der Waals surface area contributed by atoms with Gasteiger partial charge in [-0.2, -0.15) is 0 Å². The average molecular weight is 338 g/mol. The van der Waals surface area contributed by atoms with Crippen molar-refractivity contribution in [3.8, 4) is 11.5 Å². The fourth-order valence-electron chi connectivity index (χ4n) is 3.71. The molecule has 2 unspecified atom stereocenters. The first-order valence-electron chi connectivity index (χ1n) is 8.38. The van der Waals surface area contributed by atoms with Crippen LogP contribution in [0.5, 0.6) is 11.5 Å². The number of hydrogen-bond acceptors (Lipinski definition) is 5. The predicted octanol–water partition coefficient (Wildman–Crippen LogP) is 3.36. The van der Waals surface area contributed by atoms with Gasteiger partial charge in [0.1, 0.15) is 23.0 Å². The van der Waals surface area contributed by atoms with E-state index in [0.29, 0.717) is 40.7 Å². The smallest absolute Gasteiger partial charge is 0.200 e. The van der Waals surface area contributed by atoms with Crippen molar-refractivity contribution in [1.29, 1.82) is 0 Å². The van der Waals surface area contributed by atoms with Crippen molar-refractivity contribution in [3.63, 3.8) is 0 Å². The van der Waals surface area contributed by atoms with Crippen LogP contribution in [-0.4, -0.2) is 25.4 Å². The topological polar surface area (TPSA) is 61.2 Å². The molecule has 2 atom stereocenters. The van der Waals surface area contributed by atoms with E-state index in [-0.39, 0.29) is 17.1 Å². The van der Waals surface area contributed by atoms with Gasteiger partial charge < -0.3 is 18.6 Å². The Hall–Kier alpha value is -2.53. The number of epoxide rings is 1. The molecule has 3 heterocycles. The predicted molar refractivity (Wildman–Crippen MR) is 93.8 cm³/mol. The summed E-state index contributed by atoms with van der Waals surface area (Å²) in [5.74, 6) is 1.34. The molecule has 2 aromatic carbocycles. The largest absolute Gasteiger partial charge is 0.493 e. The molecule has 1 aromatic heterocycles. The zero-order valence-corrected chi connectivity index (χ0v) is 14.3. The molecule has 0 aliphatic carbocycles. The first kappa shape index (κ1) is 14.8. The monoisotopic (exact) mass is 338 g/mol. The van der Waals surface area contributed by atoms with E-state index in [4.69, 9.17) is 18.6 Å². The molecule has 5 heteroatoms. The molecule has 5 rings (SSSR count). The summed E-state index contributed by atoms with van der Waals surface area (Å²) < 4.78 is 23.3. The molecule has 0 N–H and O–H groups in total. The Morgan fingerprint density at radius 1 is 1.28 bits per heavy atom. The third-order valence-corrected chi connectivity index (χ3v) is 5.35. The number of hydrogen-bond donors (Lipinski definition) is 0. The molecule has 0 radical (unpaired) electrons. The van der Waals surface area contributed by atoms with E-state index < -0.39 is 0 Å². The molecule has 1 saturated heterocycles. The minimum Gasteiger partial charge on any atom is -0.493 e. The van der Waals surface area contributed by atoms with Gasteiger partial charge in [0, 0.05) is 12.0 Å². The molecule has 1 fully saturated rings. The van der Waals surface area contributed by atoms with Crippen molar-refractivity contribution in [2.45, 2.75) is 32.0 Å². The van der Waals surface area contributed by atoms with Crippen LogP contribution in [0.4, 0.5) is 0 Å². The summed E-state index contributed by atoms with van der Waals surface area (Å²) >= 11 is 0. The molecule has 5 nitrogen and oxygen atoms in total. The lowest BCUT2D eigenvalue weighted by atomic mass is 9.97. The Morgan fingerprint density at radius 2 is 2.08 bits per heavy atom. The van der Waals surface area contributed by atoms with Gasteiger partial charge in [0.15, 0.2) is 11.3 Å². The molecule has 0 amide bonds. The molecular weight excluding hydrogens is 320 g/mol. The fraction of sp³-hybridized carbons (Fsp3) is 0.350. The molecule has 3 aromatic rings. The second-order valence-corrected chi connectivity index (χ2v) is 7.05. The van der Waals surface area contributed by atoms with Crippen molar-refractivity contribution in [2.75, 3.05) is 13.7 Å². The van der Waals surface area contributed by atoms with Crippen molar-refractivity contribution >= 4 is 21.9 Å². The first-order chi connectivity index (χ1) is 12.0. The number of fused-ring (bicyclic) bond motifs is 4. The maximum absolute atomic E-state index is 13.1. The van der Waals surface area contributed by atoms with Crippen molar-refractivity contribution in [3.05, 3.63) is 45.6 Å². The van der Waals surface area contributed by atoms with Crippen molar-refractivity contribution < 1.29 is 18.6 Å². The number of benzene rings is 2. The number of rotatable bonds is 2. The van der Waals surface area contributed by atoms with E-state index in [2.05, 4.69) is 0 Å². The summed E-state index contributed by atoms with van der Waals surface area (Å²) in [5, 5.41) is 1.15. The van der Waals surface area contributed by atoms with Crippen LogP contribution in [0.15, 0.2) is 33.5 Å². The summed E-state index contributed by atoms with van der Waals surface area (Å²) in [7, 11) is 1.57. The summed E-state index contributed by atoms with van der Waals surface area (Å²) in [5.41, 5.74) is 2.60. The fourth-order valence-corrected chi connectivity index (χ4v) is 3.71. The molecule has 0 saturated carbocycles. The quantitative estimate of drug-likeness (QED) is 0.530. The van der Waals surface area contributed by atoms with Gasteiger partial charge in [-0.15, -0.1) is 0 Å². The molecule has 0 bridgehead atoms. The Kier molecular flexibility index (Phi) is 2.82. The van der Waals surface area contributed by atoms with Crippen molar-refractivity contribution in [2.24, 2.45) is 0 Å². The second kappa shape index (κ2) is 4.76. The first-order valence-corrected chi connectivity index (χ1v) is 8.38. The Labute approximate surface area is 144 Å². The maximum Gasteiger partial charge on any atom is 0.200 e. The third kappa shape index (κ3) is 1.96. The van der Waals surface area contributed by atoms with Crippen LogP contribution in [0.1, 0.15) is 18.1 Å². The third-order valence-electron chi connectivity index (χ3n) is 5.35. The van der Waals surface area contributed by atoms with Gasteiger partial charge in [0.05, 0.1) is 24.5 Å². The van der Waals surface area contributed by atoms with Crippen LogP contribution >= 0.6 is 0 Å². The van der Waals surface area contributed by atoms with E-state index >= 15 is 0 Å². The van der Waals surface area contributed by atoms with Crippen LogP contribution in [0.25, 0.3) is 21.9 Å². The zero-order chi connectivity index (χ0) is 17.3. The summed E-state index contributed by atoms with van der Waals surface area (Å²) in [6.07, 6.45) is 0.623. The van der Waals surface area contributed by atoms with Gasteiger partial charge in [-0.05, 0) is 37.6 Å². The minimum absolute atomic E-state index is 0.0345. The van der Waals surface area contributed by atoms with Crippen LogP contribution in [0.3, 0.4) is 0 Å². The Morgan fingerprint density at radius 3 is 2.80 bits per heavy atom. The summed E-state index contributed by atoms with van der Waals surface area (Å²) in [6, 6.07) is 7.31. The highest BCUT2D eigenvalue weighted by atomic mass is 16.6. The molecule has 2 aliphatic rings. The minimum atomic E-state index is -0.242. The van der Waals surface area contributed by atoms with E-state index in [1.54, 1.807) is 25.3 Å². The Bertz CT molecular complexity index is 1090. The Balaban J connectivity index is 1.84. The molecule has 128 valence electrons.